The molecule has 1 aromatic heterocycles. The Morgan fingerprint density at radius 3 is 2.33 bits per heavy atom. The van der Waals surface area contributed by atoms with Crippen LogP contribution in [0.2, 0.25) is 0 Å². The lowest BCUT2D eigenvalue weighted by Gasteiger charge is -2.08. The summed E-state index contributed by atoms with van der Waals surface area (Å²) in [5.41, 5.74) is 5.57. The molecule has 0 spiro atoms. The van der Waals surface area contributed by atoms with Crippen molar-refractivity contribution in [1.82, 2.24) is 4.98 Å². The molecule has 3 nitrogen and oxygen atoms in total. The van der Waals surface area contributed by atoms with E-state index in [-0.39, 0.29) is 11.4 Å². The molecule has 2 rings (SSSR count). The van der Waals surface area contributed by atoms with E-state index >= 15 is 0 Å². The molecule has 3 N–H and O–H groups in total. The lowest BCUT2D eigenvalue weighted by Crippen LogP contribution is -2.05. The molecule has 0 atom stereocenters. The summed E-state index contributed by atoms with van der Waals surface area (Å²) in [4.78, 5) is 3.69. The van der Waals surface area contributed by atoms with Crippen LogP contribution < -0.4 is 5.73 Å². The van der Waals surface area contributed by atoms with E-state index < -0.39 is 11.7 Å². The first kappa shape index (κ1) is 12.2. The van der Waals surface area contributed by atoms with Gasteiger partial charge in [0.2, 0.25) is 0 Å². The van der Waals surface area contributed by atoms with Gasteiger partial charge in [0.25, 0.3) is 0 Å². The van der Waals surface area contributed by atoms with Gasteiger partial charge < -0.3 is 10.8 Å². The molecule has 0 aliphatic rings. The van der Waals surface area contributed by atoms with Gasteiger partial charge in [0.15, 0.2) is 0 Å². The fourth-order valence-corrected chi connectivity index (χ4v) is 1.49. The Balaban J connectivity index is 2.41. The molecule has 1 aromatic carbocycles. The number of phenolic OH excluding ortho intramolecular Hbond substituents is 1. The van der Waals surface area contributed by atoms with E-state index in [0.29, 0.717) is 11.3 Å². The van der Waals surface area contributed by atoms with Crippen molar-refractivity contribution in [2.45, 2.75) is 6.18 Å². The lowest BCUT2D eigenvalue weighted by atomic mass is 10.1. The van der Waals surface area contributed by atoms with E-state index in [2.05, 4.69) is 4.98 Å². The van der Waals surface area contributed by atoms with E-state index in [9.17, 15) is 18.3 Å². The summed E-state index contributed by atoms with van der Waals surface area (Å²) in [7, 11) is 0. The van der Waals surface area contributed by atoms with E-state index in [0.717, 1.165) is 12.3 Å². The van der Waals surface area contributed by atoms with Crippen molar-refractivity contribution in [3.8, 4) is 17.0 Å². The Labute approximate surface area is 101 Å². The molecule has 0 amide bonds. The van der Waals surface area contributed by atoms with Gasteiger partial charge in [-0.3, -0.25) is 4.98 Å². The third-order valence-corrected chi connectivity index (χ3v) is 2.39. The number of phenols is 1. The number of anilines is 1. The molecule has 1 heterocycles. The normalized spacial score (nSPS) is 11.5. The largest absolute Gasteiger partial charge is 0.507 e. The highest BCUT2D eigenvalue weighted by atomic mass is 19.4. The minimum atomic E-state index is -4.42. The molecule has 0 radical (unpaired) electrons. The maximum atomic E-state index is 12.3. The standard InChI is InChI=1S/C12H9F3N2O/c13-12(14,15)7-1-4-10(17-6-7)9-3-2-8(16)5-11(9)18/h1-6,18H,16H2. The fraction of sp³-hybridized carbons (Fsp3) is 0.0833. The molecule has 2 aromatic rings. The minimum absolute atomic E-state index is 0.123. The van der Waals surface area contributed by atoms with Gasteiger partial charge in [0.1, 0.15) is 5.75 Å². The van der Waals surface area contributed by atoms with Crippen LogP contribution in [0.4, 0.5) is 18.9 Å². The molecular weight excluding hydrogens is 245 g/mol. The number of halogens is 3. The number of rotatable bonds is 1. The summed E-state index contributed by atoms with van der Waals surface area (Å²) in [6.07, 6.45) is -3.69. The zero-order valence-electron chi connectivity index (χ0n) is 9.07. The average Bonchev–Trinajstić information content (AvgIpc) is 2.28. The summed E-state index contributed by atoms with van der Waals surface area (Å²) in [6, 6.07) is 6.47. The first-order valence-electron chi connectivity index (χ1n) is 5.00. The first-order chi connectivity index (χ1) is 8.38. The van der Waals surface area contributed by atoms with Gasteiger partial charge in [-0.05, 0) is 24.3 Å². The quantitative estimate of drug-likeness (QED) is 0.769. The molecule has 0 bridgehead atoms. The maximum absolute atomic E-state index is 12.3. The molecule has 0 fully saturated rings. The highest BCUT2D eigenvalue weighted by Gasteiger charge is 2.30. The molecule has 94 valence electrons. The fourth-order valence-electron chi connectivity index (χ4n) is 1.49. The second-order valence-corrected chi connectivity index (χ2v) is 3.71. The van der Waals surface area contributed by atoms with Gasteiger partial charge in [-0.15, -0.1) is 0 Å². The number of pyridine rings is 1. The van der Waals surface area contributed by atoms with Gasteiger partial charge in [-0.25, -0.2) is 0 Å². The third kappa shape index (κ3) is 2.37. The van der Waals surface area contributed by atoms with Crippen LogP contribution in [0.1, 0.15) is 5.56 Å². The zero-order chi connectivity index (χ0) is 13.3. The highest BCUT2D eigenvalue weighted by Crippen LogP contribution is 2.32. The van der Waals surface area contributed by atoms with E-state index in [1.807, 2.05) is 0 Å². The predicted octanol–water partition coefficient (Wildman–Crippen LogP) is 3.06. The SMILES string of the molecule is Nc1ccc(-c2ccc(C(F)(F)F)cn2)c(O)c1. The van der Waals surface area contributed by atoms with Crippen molar-refractivity contribution in [3.05, 3.63) is 42.1 Å². The summed E-state index contributed by atoms with van der Waals surface area (Å²) in [5.74, 6) is -0.123. The Bertz CT molecular complexity index is 565. The molecule has 0 aliphatic heterocycles. The molecule has 6 heteroatoms. The summed E-state index contributed by atoms with van der Waals surface area (Å²) >= 11 is 0. The van der Waals surface area contributed by atoms with Crippen LogP contribution >= 0.6 is 0 Å². The number of hydrogen-bond acceptors (Lipinski definition) is 3. The number of nitrogens with zero attached hydrogens (tertiary/aromatic N) is 1. The summed E-state index contributed by atoms with van der Waals surface area (Å²) in [6.45, 7) is 0. The van der Waals surface area contributed by atoms with Crippen molar-refractivity contribution in [3.63, 3.8) is 0 Å². The van der Waals surface area contributed by atoms with E-state index in [1.54, 1.807) is 0 Å². The second-order valence-electron chi connectivity index (χ2n) is 3.71. The van der Waals surface area contributed by atoms with Crippen molar-refractivity contribution in [2.24, 2.45) is 0 Å². The number of aromatic hydroxyl groups is 1. The molecular formula is C12H9F3N2O. The topological polar surface area (TPSA) is 59.1 Å². The average molecular weight is 254 g/mol. The molecule has 0 unspecified atom stereocenters. The third-order valence-electron chi connectivity index (χ3n) is 2.39. The summed E-state index contributed by atoms with van der Waals surface area (Å²) in [5, 5.41) is 9.63. The Morgan fingerprint density at radius 2 is 1.83 bits per heavy atom. The zero-order valence-corrected chi connectivity index (χ0v) is 9.07. The van der Waals surface area contributed by atoms with Crippen LogP contribution in [0, 0.1) is 0 Å². The number of nitrogen functional groups attached to an aromatic ring is 1. The van der Waals surface area contributed by atoms with Gasteiger partial charge in [-0.2, -0.15) is 13.2 Å². The van der Waals surface area contributed by atoms with E-state index in [1.165, 1.54) is 24.3 Å². The van der Waals surface area contributed by atoms with Crippen LogP contribution in [0.15, 0.2) is 36.5 Å². The Morgan fingerprint density at radius 1 is 1.11 bits per heavy atom. The molecule has 0 aliphatic carbocycles. The second kappa shape index (κ2) is 4.21. The molecule has 18 heavy (non-hydrogen) atoms. The number of hydrogen-bond donors (Lipinski definition) is 2. The van der Waals surface area contributed by atoms with Crippen molar-refractivity contribution in [2.75, 3.05) is 5.73 Å². The number of alkyl halides is 3. The molecule has 0 saturated carbocycles. The minimum Gasteiger partial charge on any atom is -0.507 e. The van der Waals surface area contributed by atoms with Crippen LogP contribution in [0.25, 0.3) is 11.3 Å². The van der Waals surface area contributed by atoms with Gasteiger partial charge in [0.05, 0.1) is 11.3 Å². The predicted molar refractivity (Wildman–Crippen MR) is 60.8 cm³/mol. The van der Waals surface area contributed by atoms with Crippen LogP contribution in [-0.2, 0) is 6.18 Å². The smallest absolute Gasteiger partial charge is 0.417 e. The van der Waals surface area contributed by atoms with Gasteiger partial charge in [-0.1, -0.05) is 0 Å². The van der Waals surface area contributed by atoms with Crippen LogP contribution in [-0.4, -0.2) is 10.1 Å². The lowest BCUT2D eigenvalue weighted by molar-refractivity contribution is -0.137. The van der Waals surface area contributed by atoms with Crippen LogP contribution in [0.5, 0.6) is 5.75 Å². The van der Waals surface area contributed by atoms with Crippen LogP contribution in [0.3, 0.4) is 0 Å². The maximum Gasteiger partial charge on any atom is 0.417 e. The van der Waals surface area contributed by atoms with Crippen molar-refractivity contribution < 1.29 is 18.3 Å². The van der Waals surface area contributed by atoms with Gasteiger partial charge in [0, 0.05) is 23.5 Å². The van der Waals surface area contributed by atoms with Crippen molar-refractivity contribution >= 4 is 5.69 Å². The number of nitrogens with two attached hydrogens (primary N) is 1. The molecule has 0 saturated heterocycles. The van der Waals surface area contributed by atoms with Gasteiger partial charge >= 0.3 is 6.18 Å². The highest BCUT2D eigenvalue weighted by molar-refractivity contribution is 5.69. The summed E-state index contributed by atoms with van der Waals surface area (Å²) < 4.78 is 37.0. The van der Waals surface area contributed by atoms with E-state index in [4.69, 9.17) is 5.73 Å². The monoisotopic (exact) mass is 254 g/mol. The Kier molecular flexibility index (Phi) is 2.86. The first-order valence-corrected chi connectivity index (χ1v) is 5.00. The number of aromatic nitrogens is 1. The Hall–Kier alpha value is -2.24. The number of benzene rings is 1. The van der Waals surface area contributed by atoms with Crippen molar-refractivity contribution in [1.29, 1.82) is 0 Å².